The molecule has 0 aromatic rings. The number of nitriles is 1. The molecule has 1 saturated carbocycles. The van der Waals surface area contributed by atoms with E-state index in [2.05, 4.69) is 19.9 Å². The summed E-state index contributed by atoms with van der Waals surface area (Å²) >= 11 is 0. The fraction of sp³-hybridized carbons (Fsp3) is 0.923. The predicted octanol–water partition coefficient (Wildman–Crippen LogP) is 3.11. The van der Waals surface area contributed by atoms with Crippen molar-refractivity contribution in [2.24, 2.45) is 16.7 Å². The van der Waals surface area contributed by atoms with E-state index in [0.717, 1.165) is 25.7 Å². The van der Waals surface area contributed by atoms with Gasteiger partial charge in [-0.3, -0.25) is 0 Å². The van der Waals surface area contributed by atoms with Crippen LogP contribution in [0.4, 0.5) is 0 Å². The Morgan fingerprint density at radius 1 is 1.13 bits per heavy atom. The molecule has 1 unspecified atom stereocenters. The van der Waals surface area contributed by atoms with Crippen LogP contribution in [0.3, 0.4) is 0 Å². The minimum absolute atomic E-state index is 0.172. The summed E-state index contributed by atoms with van der Waals surface area (Å²) in [5.41, 5.74) is -0.138. The second kappa shape index (κ2) is 4.14. The molecule has 1 atom stereocenters. The normalized spacial score (nSPS) is 25.9. The molecule has 15 heavy (non-hydrogen) atoms. The Balaban J connectivity index is 2.78. The molecule has 2 nitrogen and oxygen atoms in total. The van der Waals surface area contributed by atoms with E-state index in [-0.39, 0.29) is 5.92 Å². The van der Waals surface area contributed by atoms with Gasteiger partial charge >= 0.3 is 0 Å². The van der Waals surface area contributed by atoms with Crippen molar-refractivity contribution in [1.29, 1.82) is 5.26 Å². The Morgan fingerprint density at radius 2 is 1.60 bits per heavy atom. The van der Waals surface area contributed by atoms with Gasteiger partial charge in [-0.2, -0.15) is 5.26 Å². The van der Waals surface area contributed by atoms with Crippen LogP contribution in [0.5, 0.6) is 0 Å². The highest BCUT2D eigenvalue weighted by Crippen LogP contribution is 2.47. The lowest BCUT2D eigenvalue weighted by Gasteiger charge is -2.43. The van der Waals surface area contributed by atoms with Crippen molar-refractivity contribution in [2.75, 3.05) is 0 Å². The van der Waals surface area contributed by atoms with Gasteiger partial charge in [0.15, 0.2) is 0 Å². The molecular formula is C13H23NO. The molecule has 0 amide bonds. The van der Waals surface area contributed by atoms with Crippen LogP contribution in [0, 0.1) is 28.1 Å². The molecule has 0 aromatic heterocycles. The van der Waals surface area contributed by atoms with Gasteiger partial charge in [0.05, 0.1) is 17.6 Å². The minimum Gasteiger partial charge on any atom is -0.391 e. The summed E-state index contributed by atoms with van der Waals surface area (Å²) in [6.45, 7) is 8.47. The maximum Gasteiger partial charge on any atom is 0.0835 e. The molecule has 0 saturated heterocycles. The van der Waals surface area contributed by atoms with Crippen molar-refractivity contribution in [3.8, 4) is 6.07 Å². The highest BCUT2D eigenvalue weighted by atomic mass is 16.3. The van der Waals surface area contributed by atoms with Gasteiger partial charge in [0.2, 0.25) is 0 Å². The van der Waals surface area contributed by atoms with Gasteiger partial charge < -0.3 is 5.11 Å². The van der Waals surface area contributed by atoms with Gasteiger partial charge in [-0.15, -0.1) is 0 Å². The molecule has 86 valence electrons. The van der Waals surface area contributed by atoms with Crippen molar-refractivity contribution in [3.63, 3.8) is 0 Å². The number of hydrogen-bond donors (Lipinski definition) is 1. The van der Waals surface area contributed by atoms with E-state index in [1.54, 1.807) is 0 Å². The zero-order chi connectivity index (χ0) is 11.7. The Kier molecular flexibility index (Phi) is 3.45. The molecule has 1 aliphatic carbocycles. The third-order valence-corrected chi connectivity index (χ3v) is 3.92. The van der Waals surface area contributed by atoms with Crippen LogP contribution in [0.25, 0.3) is 0 Å². The Hall–Kier alpha value is -0.550. The first-order valence-corrected chi connectivity index (χ1v) is 5.92. The standard InChI is InChI=1S/C13H23NO/c1-10(2)11(15)13(9-14)7-5-12(3,4)6-8-13/h10-11,15H,5-8H2,1-4H3. The van der Waals surface area contributed by atoms with Crippen molar-refractivity contribution < 1.29 is 5.11 Å². The van der Waals surface area contributed by atoms with Gasteiger partial charge in [-0.25, -0.2) is 0 Å². The molecule has 1 aliphatic rings. The highest BCUT2D eigenvalue weighted by molar-refractivity contribution is 5.07. The molecule has 1 rings (SSSR count). The smallest absolute Gasteiger partial charge is 0.0835 e. The zero-order valence-electron chi connectivity index (χ0n) is 10.4. The minimum atomic E-state index is -0.482. The molecule has 2 heteroatoms. The first kappa shape index (κ1) is 12.5. The van der Waals surface area contributed by atoms with Crippen LogP contribution in [-0.2, 0) is 0 Å². The Bertz CT molecular complexity index is 252. The van der Waals surface area contributed by atoms with E-state index < -0.39 is 11.5 Å². The van der Waals surface area contributed by atoms with Crippen LogP contribution in [-0.4, -0.2) is 11.2 Å². The summed E-state index contributed by atoms with van der Waals surface area (Å²) in [5, 5.41) is 19.5. The van der Waals surface area contributed by atoms with E-state index >= 15 is 0 Å². The topological polar surface area (TPSA) is 44.0 Å². The molecule has 0 bridgehead atoms. The molecule has 0 spiro atoms. The number of rotatable bonds is 2. The molecule has 0 aliphatic heterocycles. The van der Waals surface area contributed by atoms with Crippen LogP contribution in [0.15, 0.2) is 0 Å². The van der Waals surface area contributed by atoms with E-state index in [1.807, 2.05) is 13.8 Å². The van der Waals surface area contributed by atoms with Crippen molar-refractivity contribution in [1.82, 2.24) is 0 Å². The summed E-state index contributed by atoms with van der Waals surface area (Å²) in [6, 6.07) is 2.39. The molecule has 1 fully saturated rings. The van der Waals surface area contributed by atoms with Crippen LogP contribution in [0.2, 0.25) is 0 Å². The highest BCUT2D eigenvalue weighted by Gasteiger charge is 2.44. The average Bonchev–Trinajstić information content (AvgIpc) is 2.18. The Labute approximate surface area is 93.3 Å². The lowest BCUT2D eigenvalue weighted by molar-refractivity contribution is -0.0165. The summed E-state index contributed by atoms with van der Waals surface area (Å²) < 4.78 is 0. The third-order valence-electron chi connectivity index (χ3n) is 3.92. The average molecular weight is 209 g/mol. The molecule has 1 N–H and O–H groups in total. The van der Waals surface area contributed by atoms with E-state index in [9.17, 15) is 10.4 Å². The van der Waals surface area contributed by atoms with Gasteiger partial charge in [-0.1, -0.05) is 27.7 Å². The molecular weight excluding hydrogens is 186 g/mol. The molecule has 0 heterocycles. The number of hydrogen-bond acceptors (Lipinski definition) is 2. The van der Waals surface area contributed by atoms with E-state index in [4.69, 9.17) is 0 Å². The van der Waals surface area contributed by atoms with Crippen molar-refractivity contribution in [2.45, 2.75) is 59.5 Å². The number of aliphatic hydroxyl groups excluding tert-OH is 1. The monoisotopic (exact) mass is 209 g/mol. The van der Waals surface area contributed by atoms with Gasteiger partial charge in [0.25, 0.3) is 0 Å². The largest absolute Gasteiger partial charge is 0.391 e. The maximum absolute atomic E-state index is 10.1. The molecule has 0 aromatic carbocycles. The first-order chi connectivity index (χ1) is 6.83. The van der Waals surface area contributed by atoms with E-state index in [1.165, 1.54) is 0 Å². The van der Waals surface area contributed by atoms with Crippen molar-refractivity contribution >= 4 is 0 Å². The lowest BCUT2D eigenvalue weighted by atomic mass is 9.62. The van der Waals surface area contributed by atoms with Crippen LogP contribution < -0.4 is 0 Å². The third kappa shape index (κ3) is 2.52. The van der Waals surface area contributed by atoms with Crippen LogP contribution in [0.1, 0.15) is 53.4 Å². The van der Waals surface area contributed by atoms with Gasteiger partial charge in [0, 0.05) is 0 Å². The second-order valence-corrected chi connectivity index (χ2v) is 6.12. The quantitative estimate of drug-likeness (QED) is 0.759. The summed E-state index contributed by atoms with van der Waals surface area (Å²) in [6.07, 6.45) is 3.30. The summed E-state index contributed by atoms with van der Waals surface area (Å²) in [5.74, 6) is 0.172. The molecule has 0 radical (unpaired) electrons. The SMILES string of the molecule is CC(C)C(O)C1(C#N)CCC(C)(C)CC1. The van der Waals surface area contributed by atoms with Crippen molar-refractivity contribution in [3.05, 3.63) is 0 Å². The second-order valence-electron chi connectivity index (χ2n) is 6.12. The lowest BCUT2D eigenvalue weighted by Crippen LogP contribution is -2.42. The van der Waals surface area contributed by atoms with Gasteiger partial charge in [-0.05, 0) is 37.0 Å². The zero-order valence-corrected chi connectivity index (χ0v) is 10.4. The maximum atomic E-state index is 10.1. The predicted molar refractivity (Wildman–Crippen MR) is 61.1 cm³/mol. The summed E-state index contributed by atoms with van der Waals surface area (Å²) in [7, 11) is 0. The number of aliphatic hydroxyl groups is 1. The first-order valence-electron chi connectivity index (χ1n) is 5.92. The summed E-state index contributed by atoms with van der Waals surface area (Å²) in [4.78, 5) is 0. The van der Waals surface area contributed by atoms with Gasteiger partial charge in [0.1, 0.15) is 0 Å². The fourth-order valence-electron chi connectivity index (χ4n) is 2.48. The van der Waals surface area contributed by atoms with E-state index in [0.29, 0.717) is 5.41 Å². The number of nitrogens with zero attached hydrogens (tertiary/aromatic N) is 1. The van der Waals surface area contributed by atoms with Crippen LogP contribution >= 0.6 is 0 Å². The Morgan fingerprint density at radius 3 is 1.93 bits per heavy atom. The fourth-order valence-corrected chi connectivity index (χ4v) is 2.48.